The second-order valence-corrected chi connectivity index (χ2v) is 21.6. The lowest BCUT2D eigenvalue weighted by Gasteiger charge is -2.37. The molecule has 0 saturated carbocycles. The molecule has 0 aliphatic carbocycles. The summed E-state index contributed by atoms with van der Waals surface area (Å²) in [7, 11) is 0. The number of thiazole rings is 1. The summed E-state index contributed by atoms with van der Waals surface area (Å²) in [6.45, 7) is 14.9. The van der Waals surface area contributed by atoms with E-state index in [2.05, 4.69) is 45.0 Å². The fourth-order valence-corrected chi connectivity index (χ4v) is 11.5. The van der Waals surface area contributed by atoms with Gasteiger partial charge in [-0.3, -0.25) is 28.7 Å². The number of rotatable bonds is 20. The summed E-state index contributed by atoms with van der Waals surface area (Å²) in [6.07, 6.45) is -0.729. The summed E-state index contributed by atoms with van der Waals surface area (Å²) in [5.74, 6) is 0.426. The number of hydrogen-bond donors (Lipinski definition) is 4. The number of aliphatic hydroxyl groups excluding tert-OH is 1. The Morgan fingerprint density at radius 1 is 0.956 bits per heavy atom. The van der Waals surface area contributed by atoms with Crippen LogP contribution in [-0.2, 0) is 35.2 Å². The van der Waals surface area contributed by atoms with Gasteiger partial charge in [0.2, 0.25) is 23.6 Å². The highest BCUT2D eigenvalue weighted by atomic mass is 35.5. The number of nitrogens with one attached hydrogen (secondary N) is 3. The van der Waals surface area contributed by atoms with Crippen molar-refractivity contribution in [1.82, 2.24) is 40.6 Å². The largest absolute Gasteiger partial charge is 0.391 e. The van der Waals surface area contributed by atoms with E-state index in [0.29, 0.717) is 36.4 Å². The van der Waals surface area contributed by atoms with Gasteiger partial charge in [0.05, 0.1) is 60.7 Å². The van der Waals surface area contributed by atoms with Gasteiger partial charge in [-0.1, -0.05) is 48.0 Å². The van der Waals surface area contributed by atoms with Crippen molar-refractivity contribution in [3.8, 4) is 15.4 Å². The van der Waals surface area contributed by atoms with Crippen LogP contribution in [0.25, 0.3) is 15.4 Å². The second-order valence-electron chi connectivity index (χ2n) is 17.3. The molecule has 5 heterocycles. The fourth-order valence-electron chi connectivity index (χ4n) is 8.28. The molecule has 4 N–H and O–H groups in total. The SMILES string of the molecule is CC(=O)N[C@H](C(=O)N1C[C@H](O)C[C@H]1C(=O)NCc1ccc(-c2scnc2C)cc1)C(C)(C)SCCOCCOCCNC(=O)C[C@@H]1N=C(c2ccc(Cl)cc2)c2c(sc(C)c2C)-n2c(C)nnc21. The third-order valence-electron chi connectivity index (χ3n) is 12.0. The fraction of sp³-hybridized carbons (Fsp3) is 0.458. The number of ether oxygens (including phenoxy) is 2. The van der Waals surface area contributed by atoms with E-state index in [4.69, 9.17) is 26.1 Å². The molecule has 2 aliphatic rings. The van der Waals surface area contributed by atoms with E-state index in [0.717, 1.165) is 59.8 Å². The zero-order valence-corrected chi connectivity index (χ0v) is 42.5. The number of aryl methyl sites for hydroxylation is 3. The maximum absolute atomic E-state index is 14.1. The molecule has 2 aliphatic heterocycles. The number of halogens is 1. The quantitative estimate of drug-likeness (QED) is 0.0660. The number of hydrogen-bond acceptors (Lipinski definition) is 14. The van der Waals surface area contributed by atoms with E-state index < -0.39 is 34.9 Å². The molecular weight excluding hydrogens is 946 g/mol. The normalized spacial score (nSPS) is 17.2. The molecule has 362 valence electrons. The van der Waals surface area contributed by atoms with Crippen molar-refractivity contribution in [1.29, 1.82) is 0 Å². The van der Waals surface area contributed by atoms with Gasteiger partial charge in [0.1, 0.15) is 29.0 Å². The standard InChI is InChI=1S/C48H58ClN9O7S3/c1-27-29(3)68-47-40(27)41(33-12-14-35(49)15-13-33)54-37(44-56-55-30(4)58(44)47)23-39(61)50-16-17-64-18-19-65-20-21-67-48(6,7)43(53-31(5)59)46(63)57-25-36(60)22-38(57)45(62)51-24-32-8-10-34(11-9-32)42-28(2)52-26-66-42/h8-15,26,36-38,43,60H,16-25H2,1-7H3,(H,50,61)(H,51,62)(H,53,59)/t36-,37+,38+,43-/m1/s1. The molecular formula is C48H58ClN9O7S3. The van der Waals surface area contributed by atoms with Gasteiger partial charge < -0.3 is 35.4 Å². The van der Waals surface area contributed by atoms with Gasteiger partial charge in [-0.15, -0.1) is 32.9 Å². The van der Waals surface area contributed by atoms with Crippen LogP contribution in [0.4, 0.5) is 0 Å². The Morgan fingerprint density at radius 2 is 1.66 bits per heavy atom. The lowest BCUT2D eigenvalue weighted by Crippen LogP contribution is -2.59. The van der Waals surface area contributed by atoms with E-state index in [1.807, 2.05) is 86.3 Å². The summed E-state index contributed by atoms with van der Waals surface area (Å²) in [5.41, 5.74) is 8.49. The highest BCUT2D eigenvalue weighted by Gasteiger charge is 2.46. The minimum absolute atomic E-state index is 0.0236. The van der Waals surface area contributed by atoms with E-state index in [1.165, 1.54) is 23.6 Å². The third kappa shape index (κ3) is 12.0. The Morgan fingerprint density at radius 3 is 2.35 bits per heavy atom. The lowest BCUT2D eigenvalue weighted by molar-refractivity contribution is -0.142. The zero-order chi connectivity index (χ0) is 48.7. The molecule has 2 aromatic carbocycles. The van der Waals surface area contributed by atoms with Gasteiger partial charge in [0.15, 0.2) is 5.82 Å². The molecule has 0 bridgehead atoms. The maximum atomic E-state index is 14.1. The van der Waals surface area contributed by atoms with Crippen LogP contribution in [0.5, 0.6) is 0 Å². The molecule has 1 fully saturated rings. The Hall–Kier alpha value is -5.02. The number of fused-ring (bicyclic) bond motifs is 3. The Kier molecular flexibility index (Phi) is 16.9. The lowest BCUT2D eigenvalue weighted by atomic mass is 9.99. The van der Waals surface area contributed by atoms with Crippen LogP contribution in [-0.4, -0.2) is 127 Å². The first kappa shape index (κ1) is 50.8. The van der Waals surface area contributed by atoms with Crippen LogP contribution in [0.2, 0.25) is 5.02 Å². The van der Waals surface area contributed by atoms with Crippen molar-refractivity contribution in [2.75, 3.05) is 45.3 Å². The molecule has 7 rings (SSSR count). The second kappa shape index (κ2) is 22.6. The number of nitrogens with zero attached hydrogens (tertiary/aromatic N) is 6. The van der Waals surface area contributed by atoms with E-state index >= 15 is 0 Å². The molecule has 4 atom stereocenters. The van der Waals surface area contributed by atoms with Crippen LogP contribution < -0.4 is 16.0 Å². The summed E-state index contributed by atoms with van der Waals surface area (Å²) in [4.78, 5) is 66.5. The van der Waals surface area contributed by atoms with Crippen LogP contribution in [0.3, 0.4) is 0 Å². The maximum Gasteiger partial charge on any atom is 0.247 e. The number of thiophene rings is 1. The minimum Gasteiger partial charge on any atom is -0.391 e. The van der Waals surface area contributed by atoms with Gasteiger partial charge in [0.25, 0.3) is 0 Å². The van der Waals surface area contributed by atoms with Crippen LogP contribution in [0.1, 0.15) is 84.1 Å². The molecule has 1 saturated heterocycles. The first-order valence-electron chi connectivity index (χ1n) is 22.5. The Labute approximate surface area is 413 Å². The highest BCUT2D eigenvalue weighted by molar-refractivity contribution is 8.00. The molecule has 0 radical (unpaired) electrons. The number of aromatic nitrogens is 4. The van der Waals surface area contributed by atoms with Gasteiger partial charge in [-0.25, -0.2) is 4.98 Å². The number of benzene rings is 2. The molecule has 5 aromatic rings. The van der Waals surface area contributed by atoms with Crippen molar-refractivity contribution >= 4 is 75.4 Å². The highest BCUT2D eigenvalue weighted by Crippen LogP contribution is 2.40. The molecule has 4 amide bonds. The molecule has 68 heavy (non-hydrogen) atoms. The Balaban J connectivity index is 0.842. The van der Waals surface area contributed by atoms with Gasteiger partial charge in [0, 0.05) is 64.5 Å². The summed E-state index contributed by atoms with van der Waals surface area (Å²) >= 11 is 10.9. The average Bonchev–Trinajstić information content (AvgIpc) is 4.07. The first-order chi connectivity index (χ1) is 32.5. The number of carbonyl (C=O) groups excluding carboxylic acids is 4. The number of carbonyl (C=O) groups is 4. The van der Waals surface area contributed by atoms with Gasteiger partial charge >= 0.3 is 0 Å². The van der Waals surface area contributed by atoms with Crippen molar-refractivity contribution in [2.45, 2.75) is 96.8 Å². The van der Waals surface area contributed by atoms with Crippen molar-refractivity contribution in [3.63, 3.8) is 0 Å². The minimum atomic E-state index is -0.976. The zero-order valence-electron chi connectivity index (χ0n) is 39.3. The van der Waals surface area contributed by atoms with Crippen molar-refractivity contribution in [3.05, 3.63) is 104 Å². The average molecular weight is 1000 g/mol. The number of aliphatic imine (C=N–C) groups is 1. The third-order valence-corrected chi connectivity index (χ3v) is 15.7. The van der Waals surface area contributed by atoms with E-state index in [9.17, 15) is 24.3 Å². The van der Waals surface area contributed by atoms with Crippen molar-refractivity contribution in [2.24, 2.45) is 4.99 Å². The van der Waals surface area contributed by atoms with Crippen LogP contribution in [0.15, 0.2) is 59.0 Å². The molecule has 3 aromatic heterocycles. The Bertz CT molecular complexity index is 2630. The number of β-amino-alcohol motifs (C(OH)–C–C–N with tert-alkyl or cyclic N) is 1. The van der Waals surface area contributed by atoms with E-state index in [1.54, 1.807) is 22.7 Å². The number of thioether (sulfide) groups is 1. The first-order valence-corrected chi connectivity index (χ1v) is 25.5. The monoisotopic (exact) mass is 1000 g/mol. The topological polar surface area (TPSA) is 202 Å². The smallest absolute Gasteiger partial charge is 0.247 e. The number of amides is 4. The summed E-state index contributed by atoms with van der Waals surface area (Å²) in [6, 6.07) is 13.0. The number of likely N-dealkylation sites (tertiary alicyclic amines) is 1. The molecule has 0 spiro atoms. The molecule has 16 nitrogen and oxygen atoms in total. The summed E-state index contributed by atoms with van der Waals surface area (Å²) in [5, 5.41) is 29.8. The number of aliphatic hydroxyl groups is 1. The van der Waals surface area contributed by atoms with E-state index in [-0.39, 0.29) is 56.8 Å². The van der Waals surface area contributed by atoms with Crippen molar-refractivity contribution < 1.29 is 33.8 Å². The molecule has 20 heteroatoms. The summed E-state index contributed by atoms with van der Waals surface area (Å²) < 4.78 is 12.8. The van der Waals surface area contributed by atoms with Crippen LogP contribution in [0, 0.1) is 27.7 Å². The predicted octanol–water partition coefficient (Wildman–Crippen LogP) is 6.07. The van der Waals surface area contributed by atoms with Crippen LogP contribution >= 0.6 is 46.0 Å². The van der Waals surface area contributed by atoms with Gasteiger partial charge in [-0.05, 0) is 70.4 Å². The molecule has 0 unspecified atom stereocenters. The predicted molar refractivity (Wildman–Crippen MR) is 267 cm³/mol. The van der Waals surface area contributed by atoms with Gasteiger partial charge in [-0.2, -0.15) is 11.8 Å².